The summed E-state index contributed by atoms with van der Waals surface area (Å²) in [5.41, 5.74) is 0.171. The minimum atomic E-state index is -0.599. The molecule has 1 unspecified atom stereocenters. The standard InChI is InChI=1S/C12H11FN2O3/c13-9-6-7(16)3-4-8(9)12-14-11(15-18-12)10-2-1-5-17-10/h3-4,6,10,16H,1-2,5H2. The molecule has 1 atom stereocenters. The van der Waals surface area contributed by atoms with E-state index in [0.29, 0.717) is 12.4 Å². The van der Waals surface area contributed by atoms with E-state index >= 15 is 0 Å². The number of halogens is 1. The highest BCUT2D eigenvalue weighted by atomic mass is 19.1. The number of aromatic nitrogens is 2. The molecule has 1 aliphatic heterocycles. The molecule has 0 aliphatic carbocycles. The van der Waals surface area contributed by atoms with Crippen molar-refractivity contribution < 1.29 is 18.8 Å². The highest BCUT2D eigenvalue weighted by Crippen LogP contribution is 2.29. The zero-order chi connectivity index (χ0) is 12.5. The summed E-state index contributed by atoms with van der Waals surface area (Å²) >= 11 is 0. The highest BCUT2D eigenvalue weighted by molar-refractivity contribution is 5.55. The van der Waals surface area contributed by atoms with Gasteiger partial charge in [0.05, 0.1) is 5.56 Å². The Morgan fingerprint density at radius 3 is 3.00 bits per heavy atom. The fourth-order valence-electron chi connectivity index (χ4n) is 1.93. The van der Waals surface area contributed by atoms with Crippen molar-refractivity contribution in [2.24, 2.45) is 0 Å². The lowest BCUT2D eigenvalue weighted by Gasteiger charge is -2.01. The average Bonchev–Trinajstić information content (AvgIpc) is 2.99. The summed E-state index contributed by atoms with van der Waals surface area (Å²) < 4.78 is 24.0. The van der Waals surface area contributed by atoms with Gasteiger partial charge in [0.15, 0.2) is 0 Å². The lowest BCUT2D eigenvalue weighted by atomic mass is 10.2. The zero-order valence-electron chi connectivity index (χ0n) is 9.47. The lowest BCUT2D eigenvalue weighted by Crippen LogP contribution is -1.97. The van der Waals surface area contributed by atoms with Gasteiger partial charge in [-0.1, -0.05) is 5.16 Å². The van der Waals surface area contributed by atoms with Gasteiger partial charge in [0.1, 0.15) is 17.7 Å². The van der Waals surface area contributed by atoms with Gasteiger partial charge in [-0.3, -0.25) is 0 Å². The van der Waals surface area contributed by atoms with Crippen LogP contribution in [-0.4, -0.2) is 21.9 Å². The van der Waals surface area contributed by atoms with Crippen molar-refractivity contribution in [1.82, 2.24) is 10.1 Å². The van der Waals surface area contributed by atoms with Crippen LogP contribution in [0.3, 0.4) is 0 Å². The molecule has 0 radical (unpaired) electrons. The number of ether oxygens (including phenoxy) is 1. The van der Waals surface area contributed by atoms with E-state index < -0.39 is 5.82 Å². The van der Waals surface area contributed by atoms with Gasteiger partial charge in [-0.05, 0) is 25.0 Å². The summed E-state index contributed by atoms with van der Waals surface area (Å²) in [6.45, 7) is 0.683. The molecule has 1 aliphatic rings. The molecule has 0 saturated carbocycles. The van der Waals surface area contributed by atoms with Crippen molar-refractivity contribution in [3.05, 3.63) is 29.8 Å². The number of phenolic OH excluding ortho intramolecular Hbond substituents is 1. The van der Waals surface area contributed by atoms with E-state index in [2.05, 4.69) is 10.1 Å². The first-order valence-corrected chi connectivity index (χ1v) is 5.68. The summed E-state index contributed by atoms with van der Waals surface area (Å²) in [6.07, 6.45) is 1.64. The van der Waals surface area contributed by atoms with Crippen LogP contribution in [0.15, 0.2) is 22.7 Å². The Labute approximate surface area is 102 Å². The summed E-state index contributed by atoms with van der Waals surface area (Å²) in [7, 11) is 0. The van der Waals surface area contributed by atoms with Crippen molar-refractivity contribution in [1.29, 1.82) is 0 Å². The molecule has 2 heterocycles. The molecule has 1 aromatic heterocycles. The van der Waals surface area contributed by atoms with Crippen molar-refractivity contribution in [2.45, 2.75) is 18.9 Å². The molecule has 6 heteroatoms. The predicted molar refractivity (Wildman–Crippen MR) is 59.3 cm³/mol. The minimum Gasteiger partial charge on any atom is -0.508 e. The Morgan fingerprint density at radius 1 is 1.39 bits per heavy atom. The first kappa shape index (κ1) is 11.2. The first-order valence-electron chi connectivity index (χ1n) is 5.68. The second-order valence-corrected chi connectivity index (χ2v) is 4.12. The third-order valence-electron chi connectivity index (χ3n) is 2.84. The fraction of sp³-hybridized carbons (Fsp3) is 0.333. The number of rotatable bonds is 2. The van der Waals surface area contributed by atoms with Crippen molar-refractivity contribution in [3.63, 3.8) is 0 Å². The van der Waals surface area contributed by atoms with E-state index in [1.54, 1.807) is 0 Å². The molecule has 18 heavy (non-hydrogen) atoms. The molecule has 1 aromatic carbocycles. The number of hydrogen-bond acceptors (Lipinski definition) is 5. The van der Waals surface area contributed by atoms with Gasteiger partial charge in [-0.25, -0.2) is 4.39 Å². The van der Waals surface area contributed by atoms with E-state index in [9.17, 15) is 4.39 Å². The molecule has 1 saturated heterocycles. The van der Waals surface area contributed by atoms with Crippen LogP contribution in [0.1, 0.15) is 24.8 Å². The lowest BCUT2D eigenvalue weighted by molar-refractivity contribution is 0.103. The van der Waals surface area contributed by atoms with Crippen LogP contribution in [0, 0.1) is 5.82 Å². The van der Waals surface area contributed by atoms with Gasteiger partial charge in [0.25, 0.3) is 5.89 Å². The van der Waals surface area contributed by atoms with Crippen LogP contribution >= 0.6 is 0 Å². The third-order valence-corrected chi connectivity index (χ3v) is 2.84. The number of hydrogen-bond donors (Lipinski definition) is 1. The maximum absolute atomic E-state index is 13.6. The molecule has 0 amide bonds. The van der Waals surface area contributed by atoms with Crippen LogP contribution in [0.2, 0.25) is 0 Å². The molecule has 5 nitrogen and oxygen atoms in total. The van der Waals surface area contributed by atoms with Gasteiger partial charge in [-0.15, -0.1) is 0 Å². The SMILES string of the molecule is Oc1ccc(-c2nc(C3CCCO3)no2)c(F)c1. The molecule has 1 fully saturated rings. The highest BCUT2D eigenvalue weighted by Gasteiger charge is 2.24. The summed E-state index contributed by atoms with van der Waals surface area (Å²) in [6, 6.07) is 3.77. The molecule has 0 bridgehead atoms. The minimum absolute atomic E-state index is 0.0954. The number of nitrogens with zero attached hydrogens (tertiary/aromatic N) is 2. The Bertz CT molecular complexity index is 564. The van der Waals surface area contributed by atoms with Gasteiger partial charge in [0.2, 0.25) is 5.82 Å². The Balaban J connectivity index is 1.92. The van der Waals surface area contributed by atoms with Crippen LogP contribution in [-0.2, 0) is 4.74 Å². The Kier molecular flexibility index (Phi) is 2.71. The van der Waals surface area contributed by atoms with Crippen molar-refractivity contribution in [3.8, 4) is 17.2 Å². The molecule has 94 valence electrons. The topological polar surface area (TPSA) is 68.4 Å². The average molecular weight is 250 g/mol. The quantitative estimate of drug-likeness (QED) is 0.886. The largest absolute Gasteiger partial charge is 0.508 e. The van der Waals surface area contributed by atoms with E-state index in [0.717, 1.165) is 18.9 Å². The molecule has 2 aromatic rings. The number of phenols is 1. The van der Waals surface area contributed by atoms with Crippen LogP contribution < -0.4 is 0 Å². The summed E-state index contributed by atoms with van der Waals surface area (Å²) in [5.74, 6) is -0.208. The Hall–Kier alpha value is -1.95. The van der Waals surface area contributed by atoms with Crippen LogP contribution in [0.4, 0.5) is 4.39 Å². The number of benzene rings is 1. The molecule has 0 spiro atoms. The molecule has 1 N–H and O–H groups in total. The van der Waals surface area contributed by atoms with E-state index in [4.69, 9.17) is 14.4 Å². The fourth-order valence-corrected chi connectivity index (χ4v) is 1.93. The smallest absolute Gasteiger partial charge is 0.260 e. The second-order valence-electron chi connectivity index (χ2n) is 4.12. The Morgan fingerprint density at radius 2 is 2.28 bits per heavy atom. The van der Waals surface area contributed by atoms with Gasteiger partial charge in [0, 0.05) is 12.7 Å². The summed E-state index contributed by atoms with van der Waals surface area (Å²) in [4.78, 5) is 4.13. The normalized spacial score (nSPS) is 19.3. The summed E-state index contributed by atoms with van der Waals surface area (Å²) in [5, 5.41) is 12.9. The molecular formula is C12H11FN2O3. The van der Waals surface area contributed by atoms with E-state index in [1.165, 1.54) is 12.1 Å². The molecular weight excluding hydrogens is 239 g/mol. The van der Waals surface area contributed by atoms with Crippen LogP contribution in [0.25, 0.3) is 11.5 Å². The zero-order valence-corrected chi connectivity index (χ0v) is 9.47. The maximum atomic E-state index is 13.6. The third kappa shape index (κ3) is 1.95. The van der Waals surface area contributed by atoms with E-state index in [1.807, 2.05) is 0 Å². The molecule has 3 rings (SSSR count). The monoisotopic (exact) mass is 250 g/mol. The second kappa shape index (κ2) is 4.38. The van der Waals surface area contributed by atoms with Gasteiger partial charge < -0.3 is 14.4 Å². The maximum Gasteiger partial charge on any atom is 0.260 e. The number of aromatic hydroxyl groups is 1. The first-order chi connectivity index (χ1) is 8.74. The van der Waals surface area contributed by atoms with E-state index in [-0.39, 0.29) is 23.3 Å². The van der Waals surface area contributed by atoms with Crippen molar-refractivity contribution in [2.75, 3.05) is 6.61 Å². The van der Waals surface area contributed by atoms with Gasteiger partial charge >= 0.3 is 0 Å². The van der Waals surface area contributed by atoms with Crippen molar-refractivity contribution >= 4 is 0 Å². The van der Waals surface area contributed by atoms with Crippen LogP contribution in [0.5, 0.6) is 5.75 Å². The van der Waals surface area contributed by atoms with Gasteiger partial charge in [-0.2, -0.15) is 4.98 Å². The predicted octanol–water partition coefficient (Wildman–Crippen LogP) is 2.43.